The molecule has 146 valence electrons. The molecule has 0 spiro atoms. The molecule has 2 aromatic heterocycles. The van der Waals surface area contributed by atoms with E-state index in [9.17, 15) is 0 Å². The van der Waals surface area contributed by atoms with Gasteiger partial charge in [-0.25, -0.2) is 4.98 Å². The highest BCUT2D eigenvalue weighted by Gasteiger charge is 2.18. The lowest BCUT2D eigenvalue weighted by molar-refractivity contribution is 0.416. The molecule has 6 nitrogen and oxygen atoms in total. The first-order valence-electron chi connectivity index (χ1n) is 8.49. The molecule has 9 heteroatoms. The summed E-state index contributed by atoms with van der Waals surface area (Å²) in [5, 5.41) is 14.0. The Morgan fingerprint density at radius 1 is 1.10 bits per heavy atom. The number of nitrogens with one attached hydrogen (secondary N) is 1. The van der Waals surface area contributed by atoms with Crippen molar-refractivity contribution in [2.75, 3.05) is 18.2 Å². The summed E-state index contributed by atoms with van der Waals surface area (Å²) in [5.74, 6) is 1.13. The Hall–Kier alpha value is -2.68. The zero-order chi connectivity index (χ0) is 20.4. The van der Waals surface area contributed by atoms with Crippen molar-refractivity contribution in [1.29, 1.82) is 0 Å². The molecule has 0 bridgehead atoms. The van der Waals surface area contributed by atoms with E-state index in [2.05, 4.69) is 36.4 Å². The molecule has 29 heavy (non-hydrogen) atoms. The van der Waals surface area contributed by atoms with Gasteiger partial charge in [0.05, 0.1) is 7.11 Å². The number of aromatic nitrogens is 3. The van der Waals surface area contributed by atoms with E-state index in [1.54, 1.807) is 13.3 Å². The van der Waals surface area contributed by atoms with Gasteiger partial charge in [0.25, 0.3) is 0 Å². The number of nitrogens with zero attached hydrogens (tertiary/aromatic N) is 3. The Labute approximate surface area is 184 Å². The first-order valence-corrected chi connectivity index (χ1v) is 10.5. The highest BCUT2D eigenvalue weighted by molar-refractivity contribution is 9.10. The summed E-state index contributed by atoms with van der Waals surface area (Å²) < 4.78 is 6.51. The van der Waals surface area contributed by atoms with E-state index in [1.165, 1.54) is 11.3 Å². The number of nitrogens with two attached hydrogens (primary N) is 1. The summed E-state index contributed by atoms with van der Waals surface area (Å²) in [6, 6.07) is 15.0. The van der Waals surface area contributed by atoms with Gasteiger partial charge < -0.3 is 15.8 Å². The molecule has 0 aliphatic heterocycles. The second kappa shape index (κ2) is 8.36. The predicted molar refractivity (Wildman–Crippen MR) is 122 cm³/mol. The molecule has 0 radical (unpaired) electrons. The fraction of sp³-hybridized carbons (Fsp3) is 0.0500. The number of rotatable bonds is 5. The number of methoxy groups -OCH3 is 1. The standard InChI is InChI=1S/C20H15BrClN5OS/c1-28-16-10-12(21)9-15(18(16)11-6-7-24-17(23)8-11)19-26-27-20(29-19)25-14-4-2-13(22)3-5-14/h2-10H,1H3,(H2,23,24)(H,25,27). The molecular formula is C20H15BrClN5OS. The maximum Gasteiger partial charge on any atom is 0.210 e. The van der Waals surface area contributed by atoms with Gasteiger partial charge in [-0.2, -0.15) is 0 Å². The zero-order valence-electron chi connectivity index (χ0n) is 15.2. The maximum absolute atomic E-state index is 5.95. The van der Waals surface area contributed by atoms with Gasteiger partial charge in [0.2, 0.25) is 5.13 Å². The number of benzene rings is 2. The molecule has 2 heterocycles. The third-order valence-corrected chi connectivity index (χ3v) is 5.69. The Kier molecular flexibility index (Phi) is 5.66. The smallest absolute Gasteiger partial charge is 0.210 e. The van der Waals surface area contributed by atoms with E-state index in [0.717, 1.165) is 31.9 Å². The van der Waals surface area contributed by atoms with Crippen molar-refractivity contribution in [3.63, 3.8) is 0 Å². The summed E-state index contributed by atoms with van der Waals surface area (Å²) >= 11 is 10.9. The summed E-state index contributed by atoms with van der Waals surface area (Å²) in [4.78, 5) is 4.08. The first kappa shape index (κ1) is 19.6. The summed E-state index contributed by atoms with van der Waals surface area (Å²) in [7, 11) is 1.63. The van der Waals surface area contributed by atoms with E-state index < -0.39 is 0 Å². The molecule has 0 aliphatic rings. The molecule has 0 unspecified atom stereocenters. The van der Waals surface area contributed by atoms with Crippen LogP contribution in [-0.2, 0) is 0 Å². The summed E-state index contributed by atoms with van der Waals surface area (Å²) in [5.41, 5.74) is 9.42. The third-order valence-electron chi connectivity index (χ3n) is 4.11. The topological polar surface area (TPSA) is 86.0 Å². The lowest BCUT2D eigenvalue weighted by Crippen LogP contribution is -1.95. The van der Waals surface area contributed by atoms with Gasteiger partial charge in [-0.05, 0) is 54.1 Å². The number of anilines is 3. The van der Waals surface area contributed by atoms with E-state index in [1.807, 2.05) is 48.5 Å². The van der Waals surface area contributed by atoms with Gasteiger partial charge >= 0.3 is 0 Å². The van der Waals surface area contributed by atoms with Crippen molar-refractivity contribution in [3.05, 3.63) is 64.2 Å². The minimum Gasteiger partial charge on any atom is -0.496 e. The van der Waals surface area contributed by atoms with Crippen LogP contribution in [0.25, 0.3) is 21.7 Å². The molecule has 0 amide bonds. The predicted octanol–water partition coefficient (Wildman–Crippen LogP) is 6.02. The van der Waals surface area contributed by atoms with Gasteiger partial charge in [-0.15, -0.1) is 10.2 Å². The van der Waals surface area contributed by atoms with Crippen molar-refractivity contribution in [1.82, 2.24) is 15.2 Å². The molecule has 4 aromatic rings. The number of hydrogen-bond donors (Lipinski definition) is 2. The number of pyridine rings is 1. The third kappa shape index (κ3) is 4.34. The normalized spacial score (nSPS) is 10.7. The SMILES string of the molecule is COc1cc(Br)cc(-c2nnc(Nc3ccc(Cl)cc3)s2)c1-c1ccnc(N)c1. The zero-order valence-corrected chi connectivity index (χ0v) is 18.3. The monoisotopic (exact) mass is 487 g/mol. The molecule has 2 aromatic carbocycles. The van der Waals surface area contributed by atoms with Crippen LogP contribution in [-0.4, -0.2) is 22.3 Å². The van der Waals surface area contributed by atoms with Crippen molar-refractivity contribution in [2.24, 2.45) is 0 Å². The Balaban J connectivity index is 1.78. The van der Waals surface area contributed by atoms with Crippen LogP contribution < -0.4 is 15.8 Å². The van der Waals surface area contributed by atoms with Crippen molar-refractivity contribution < 1.29 is 4.74 Å². The fourth-order valence-electron chi connectivity index (χ4n) is 2.85. The van der Waals surface area contributed by atoms with Crippen LogP contribution in [0.3, 0.4) is 0 Å². The molecule has 0 fully saturated rings. The highest BCUT2D eigenvalue weighted by atomic mass is 79.9. The molecule has 0 atom stereocenters. The molecule has 3 N–H and O–H groups in total. The fourth-order valence-corrected chi connectivity index (χ4v) is 4.20. The minimum atomic E-state index is 0.431. The largest absolute Gasteiger partial charge is 0.496 e. The van der Waals surface area contributed by atoms with Crippen molar-refractivity contribution in [2.45, 2.75) is 0 Å². The van der Waals surface area contributed by atoms with Gasteiger partial charge in [-0.1, -0.05) is 38.9 Å². The Morgan fingerprint density at radius 2 is 1.90 bits per heavy atom. The summed E-state index contributed by atoms with van der Waals surface area (Å²) in [6.45, 7) is 0. The Bertz CT molecular complexity index is 1170. The van der Waals surface area contributed by atoms with E-state index >= 15 is 0 Å². The van der Waals surface area contributed by atoms with Gasteiger partial charge in [0, 0.05) is 32.5 Å². The Morgan fingerprint density at radius 3 is 2.62 bits per heavy atom. The van der Waals surface area contributed by atoms with Crippen LogP contribution in [0.1, 0.15) is 0 Å². The second-order valence-electron chi connectivity index (χ2n) is 6.04. The van der Waals surface area contributed by atoms with Crippen LogP contribution in [0.5, 0.6) is 5.75 Å². The maximum atomic E-state index is 5.95. The lowest BCUT2D eigenvalue weighted by atomic mass is 9.99. The van der Waals surface area contributed by atoms with Crippen LogP contribution >= 0.6 is 38.9 Å². The van der Waals surface area contributed by atoms with E-state index in [0.29, 0.717) is 21.7 Å². The number of hydrogen-bond acceptors (Lipinski definition) is 7. The van der Waals surface area contributed by atoms with Crippen LogP contribution in [0, 0.1) is 0 Å². The minimum absolute atomic E-state index is 0.431. The molecule has 0 saturated heterocycles. The number of halogens is 2. The van der Waals surface area contributed by atoms with Crippen LogP contribution in [0.15, 0.2) is 59.2 Å². The first-order chi connectivity index (χ1) is 14.0. The van der Waals surface area contributed by atoms with Crippen LogP contribution in [0.4, 0.5) is 16.6 Å². The van der Waals surface area contributed by atoms with Gasteiger partial charge in [0.1, 0.15) is 16.6 Å². The summed E-state index contributed by atoms with van der Waals surface area (Å²) in [6.07, 6.45) is 1.67. The molecule has 0 saturated carbocycles. The quantitative estimate of drug-likeness (QED) is 0.357. The van der Waals surface area contributed by atoms with E-state index in [-0.39, 0.29) is 0 Å². The average molecular weight is 489 g/mol. The van der Waals surface area contributed by atoms with Gasteiger partial charge in [0.15, 0.2) is 0 Å². The van der Waals surface area contributed by atoms with Crippen molar-refractivity contribution >= 4 is 55.5 Å². The highest BCUT2D eigenvalue weighted by Crippen LogP contribution is 2.43. The molecular weight excluding hydrogens is 474 g/mol. The number of ether oxygens (including phenoxy) is 1. The van der Waals surface area contributed by atoms with Gasteiger partial charge in [-0.3, -0.25) is 0 Å². The van der Waals surface area contributed by atoms with Crippen LogP contribution in [0.2, 0.25) is 5.02 Å². The molecule has 4 rings (SSSR count). The average Bonchev–Trinajstić information content (AvgIpc) is 3.17. The van der Waals surface area contributed by atoms with E-state index in [4.69, 9.17) is 22.1 Å². The number of nitrogen functional groups attached to an aromatic ring is 1. The van der Waals surface area contributed by atoms with Crippen molar-refractivity contribution in [3.8, 4) is 27.4 Å². The lowest BCUT2D eigenvalue weighted by Gasteiger charge is -2.14. The second-order valence-corrected chi connectivity index (χ2v) is 8.37. The molecule has 0 aliphatic carbocycles.